The summed E-state index contributed by atoms with van der Waals surface area (Å²) in [5, 5.41) is 3.80. The van der Waals surface area contributed by atoms with Gasteiger partial charge in [0.05, 0.1) is 6.04 Å². The smallest absolute Gasteiger partial charge is 0.333 e. The predicted octanol–water partition coefficient (Wildman–Crippen LogP) is 2.60. The number of hydrogen-bond acceptors (Lipinski definition) is 6. The largest absolute Gasteiger partial charge is 0.348 e. The lowest BCUT2D eigenvalue weighted by molar-refractivity contribution is -0.122. The van der Waals surface area contributed by atoms with E-state index >= 15 is 0 Å². The third kappa shape index (κ3) is 4.01. The molecule has 1 saturated heterocycles. The normalized spacial score (nSPS) is 17.8. The van der Waals surface area contributed by atoms with Crippen LogP contribution in [0.25, 0.3) is 10.3 Å². The van der Waals surface area contributed by atoms with Crippen molar-refractivity contribution in [1.82, 2.24) is 19.4 Å². The number of aryl methyl sites for hydroxylation is 1. The predicted molar refractivity (Wildman–Crippen MR) is 130 cm³/mol. The topological polar surface area (TPSA) is 89.2 Å². The minimum absolute atomic E-state index is 0.0710. The number of rotatable bonds is 6. The Balaban J connectivity index is 1.50. The third-order valence-corrected chi connectivity index (χ3v) is 7.56. The number of nitrogens with zero attached hydrogens (tertiary/aromatic N) is 4. The summed E-state index contributed by atoms with van der Waals surface area (Å²) >= 11 is 1.30. The van der Waals surface area contributed by atoms with Crippen LogP contribution in [0.15, 0.2) is 46.5 Å². The zero-order valence-corrected chi connectivity index (χ0v) is 19.3. The first-order valence-electron chi connectivity index (χ1n) is 11.4. The van der Waals surface area contributed by atoms with Gasteiger partial charge in [-0.05, 0) is 43.2 Å². The quantitative estimate of drug-likeness (QED) is 0.566. The summed E-state index contributed by atoms with van der Waals surface area (Å²) in [5.41, 5.74) is 1.74. The maximum Gasteiger partial charge on any atom is 0.333 e. The van der Waals surface area contributed by atoms with Gasteiger partial charge in [-0.3, -0.25) is 18.7 Å². The Bertz CT molecular complexity index is 1330. The molecule has 2 aromatic heterocycles. The summed E-state index contributed by atoms with van der Waals surface area (Å²) < 4.78 is 2.86. The first-order valence-corrected chi connectivity index (χ1v) is 12.3. The van der Waals surface area contributed by atoms with Gasteiger partial charge in [-0.2, -0.15) is 0 Å². The van der Waals surface area contributed by atoms with Crippen LogP contribution in [0.5, 0.6) is 0 Å². The van der Waals surface area contributed by atoms with Gasteiger partial charge in [0.1, 0.15) is 11.2 Å². The molecular weight excluding hydrogens is 438 g/mol. The van der Waals surface area contributed by atoms with Crippen LogP contribution in [0.4, 0.5) is 5.13 Å². The number of fused-ring (bicyclic) bond motifs is 2. The van der Waals surface area contributed by atoms with E-state index in [4.69, 9.17) is 0 Å². The molecule has 1 N–H and O–H groups in total. The second-order valence-corrected chi connectivity index (χ2v) is 9.61. The van der Waals surface area contributed by atoms with E-state index in [1.165, 1.54) is 34.0 Å². The molecule has 0 unspecified atom stereocenters. The molecule has 8 nitrogen and oxygen atoms in total. The number of allylic oxidation sites excluding steroid dienone is 1. The van der Waals surface area contributed by atoms with Gasteiger partial charge in [-0.1, -0.05) is 41.7 Å². The number of benzene rings is 1. The van der Waals surface area contributed by atoms with E-state index < -0.39 is 5.69 Å². The highest BCUT2D eigenvalue weighted by Gasteiger charge is 2.26. The zero-order chi connectivity index (χ0) is 22.9. The van der Waals surface area contributed by atoms with Crippen LogP contribution in [0.2, 0.25) is 0 Å². The highest BCUT2D eigenvalue weighted by atomic mass is 32.1. The molecule has 1 atom stereocenters. The van der Waals surface area contributed by atoms with Crippen molar-refractivity contribution in [3.63, 3.8) is 0 Å². The minimum atomic E-state index is -0.537. The number of carbonyl (C=O) groups excluding carboxylic acids is 1. The van der Waals surface area contributed by atoms with Crippen molar-refractivity contribution in [2.24, 2.45) is 0 Å². The molecule has 0 spiro atoms. The molecule has 0 radical (unpaired) electrons. The van der Waals surface area contributed by atoms with Crippen molar-refractivity contribution in [3.05, 3.63) is 68.9 Å². The average molecular weight is 466 g/mol. The number of nitrogens with one attached hydrogen (secondary N) is 1. The van der Waals surface area contributed by atoms with Crippen LogP contribution in [-0.2, 0) is 24.3 Å². The zero-order valence-electron chi connectivity index (χ0n) is 18.5. The van der Waals surface area contributed by atoms with Crippen LogP contribution in [-0.4, -0.2) is 33.1 Å². The van der Waals surface area contributed by atoms with Crippen LogP contribution in [0.3, 0.4) is 0 Å². The molecule has 2 aliphatic rings. The molecule has 0 saturated carbocycles. The lowest BCUT2D eigenvalue weighted by atomic mass is 10.1. The molecule has 9 heteroatoms. The first kappa shape index (κ1) is 21.6. The lowest BCUT2D eigenvalue weighted by Crippen LogP contribution is -2.42. The Labute approximate surface area is 195 Å². The van der Waals surface area contributed by atoms with Crippen molar-refractivity contribution in [2.75, 3.05) is 18.0 Å². The standard InChI is InChI=1S/C24H27N5O3S/c1-2-12-28-22(31)20-21(26-23(33-20)27-13-6-3-7-14-27)29(24(28)32)15-19(30)25-18-11-10-16-8-4-5-9-17(16)18/h2,4-5,8-9,18H,1,3,6-7,10-15H2,(H,25,30)/t18-/m0/s1. The van der Waals surface area contributed by atoms with E-state index in [2.05, 4.69) is 27.8 Å². The maximum absolute atomic E-state index is 13.2. The Kier molecular flexibility index (Phi) is 5.88. The number of carbonyl (C=O) groups is 1. The van der Waals surface area contributed by atoms with Gasteiger partial charge >= 0.3 is 5.69 Å². The summed E-state index contributed by atoms with van der Waals surface area (Å²) in [6.45, 7) is 5.33. The molecule has 3 aromatic rings. The third-order valence-electron chi connectivity index (χ3n) is 6.46. The number of piperidine rings is 1. The second-order valence-electron chi connectivity index (χ2n) is 8.63. The van der Waals surface area contributed by atoms with E-state index in [0.717, 1.165) is 54.0 Å². The Hall–Kier alpha value is -3.20. The van der Waals surface area contributed by atoms with Gasteiger partial charge in [-0.25, -0.2) is 9.78 Å². The van der Waals surface area contributed by atoms with Gasteiger partial charge in [0, 0.05) is 19.6 Å². The molecule has 1 aliphatic heterocycles. The number of thiazole rings is 1. The van der Waals surface area contributed by atoms with Crippen molar-refractivity contribution in [2.45, 2.75) is 51.2 Å². The molecule has 172 valence electrons. The number of hydrogen-bond donors (Lipinski definition) is 1. The molecule has 1 fully saturated rings. The Morgan fingerprint density at radius 3 is 2.76 bits per heavy atom. The summed E-state index contributed by atoms with van der Waals surface area (Å²) in [5.74, 6) is -0.267. The summed E-state index contributed by atoms with van der Waals surface area (Å²) in [7, 11) is 0. The fourth-order valence-electron chi connectivity index (χ4n) is 4.81. The van der Waals surface area contributed by atoms with Gasteiger partial charge in [0.15, 0.2) is 10.8 Å². The fourth-order valence-corrected chi connectivity index (χ4v) is 5.88. The molecule has 5 rings (SSSR count). The van der Waals surface area contributed by atoms with Crippen molar-refractivity contribution in [1.29, 1.82) is 0 Å². The van der Waals surface area contributed by atoms with Crippen molar-refractivity contribution >= 4 is 32.7 Å². The summed E-state index contributed by atoms with van der Waals surface area (Å²) in [4.78, 5) is 46.1. The average Bonchev–Trinajstić information content (AvgIpc) is 3.45. The Morgan fingerprint density at radius 2 is 1.97 bits per heavy atom. The second kappa shape index (κ2) is 8.97. The lowest BCUT2D eigenvalue weighted by Gasteiger charge is -2.25. The minimum Gasteiger partial charge on any atom is -0.348 e. The van der Waals surface area contributed by atoms with E-state index in [1.807, 2.05) is 18.2 Å². The van der Waals surface area contributed by atoms with E-state index in [9.17, 15) is 14.4 Å². The van der Waals surface area contributed by atoms with E-state index in [-0.39, 0.29) is 36.2 Å². The van der Waals surface area contributed by atoms with Gasteiger partial charge in [0.2, 0.25) is 5.91 Å². The SMILES string of the molecule is C=CCn1c(=O)c2sc(N3CCCCC3)nc2n(CC(=O)N[C@H]2CCc3ccccc32)c1=O. The number of anilines is 1. The van der Waals surface area contributed by atoms with Gasteiger partial charge in [-0.15, -0.1) is 6.58 Å². The number of aromatic nitrogens is 3. The molecule has 3 heterocycles. The highest BCUT2D eigenvalue weighted by molar-refractivity contribution is 7.22. The van der Waals surface area contributed by atoms with Crippen molar-refractivity contribution in [3.8, 4) is 0 Å². The monoisotopic (exact) mass is 465 g/mol. The molecule has 1 aliphatic carbocycles. The molecule has 1 amide bonds. The number of amides is 1. The highest BCUT2D eigenvalue weighted by Crippen LogP contribution is 2.31. The molecule has 1 aromatic carbocycles. The molecule has 0 bridgehead atoms. The fraction of sp³-hybridized carbons (Fsp3) is 0.417. The first-order chi connectivity index (χ1) is 16.1. The van der Waals surface area contributed by atoms with Crippen LogP contribution in [0, 0.1) is 0 Å². The van der Waals surface area contributed by atoms with Crippen molar-refractivity contribution < 1.29 is 4.79 Å². The molecular formula is C24H27N5O3S. The van der Waals surface area contributed by atoms with Gasteiger partial charge < -0.3 is 10.2 Å². The summed E-state index contributed by atoms with van der Waals surface area (Å²) in [6.07, 6.45) is 6.61. The van der Waals surface area contributed by atoms with Crippen LogP contribution < -0.4 is 21.5 Å². The Morgan fingerprint density at radius 1 is 1.18 bits per heavy atom. The summed E-state index contributed by atoms with van der Waals surface area (Å²) in [6, 6.07) is 8.02. The molecule has 33 heavy (non-hydrogen) atoms. The maximum atomic E-state index is 13.2. The van der Waals surface area contributed by atoms with Gasteiger partial charge in [0.25, 0.3) is 5.56 Å². The van der Waals surface area contributed by atoms with Crippen LogP contribution in [0.1, 0.15) is 42.9 Å². The van der Waals surface area contributed by atoms with Crippen LogP contribution >= 0.6 is 11.3 Å². The van der Waals surface area contributed by atoms with E-state index in [0.29, 0.717) is 4.70 Å². The van der Waals surface area contributed by atoms with E-state index in [1.54, 1.807) is 0 Å².